The largest absolute Gasteiger partial charge is 0.306 e. The van der Waals surface area contributed by atoms with E-state index in [2.05, 4.69) is 123 Å². The van der Waals surface area contributed by atoms with E-state index in [0.29, 0.717) is 5.92 Å². The first-order valence-corrected chi connectivity index (χ1v) is 13.3. The Kier molecular flexibility index (Phi) is 6.75. The minimum atomic E-state index is 0.0897. The minimum absolute atomic E-state index is 0.0897. The first-order valence-electron chi connectivity index (χ1n) is 13.3. The summed E-state index contributed by atoms with van der Waals surface area (Å²) in [4.78, 5) is 2.44. The van der Waals surface area contributed by atoms with Gasteiger partial charge in [-0.15, -0.1) is 0 Å². The zero-order valence-electron chi connectivity index (χ0n) is 21.8. The summed E-state index contributed by atoms with van der Waals surface area (Å²) in [6.07, 6.45) is 18.3. The molecule has 1 aliphatic heterocycles. The molecule has 1 fully saturated rings. The second kappa shape index (κ2) is 9.95. The van der Waals surface area contributed by atoms with Gasteiger partial charge in [-0.05, 0) is 90.7 Å². The molecule has 3 aromatic rings. The minimum Gasteiger partial charge on any atom is -0.306 e. The van der Waals surface area contributed by atoms with Crippen molar-refractivity contribution in [3.63, 3.8) is 0 Å². The molecule has 5 rings (SSSR count). The standard InChI is InChI=1S/C33H39N2/c1-5-33(6-2)31-23-27(9-7-25-15-19-34(3)20-16-25)11-13-29(31)30-14-12-28(24-32(30)33)10-8-26-17-21-35(4)22-18-26/h7-16,19-20,23-24,26H,5-6,17-18,21-22H2,1-4H3/q+1/b9-7+,10-8+. The van der Waals surface area contributed by atoms with Gasteiger partial charge in [0.15, 0.2) is 12.4 Å². The predicted molar refractivity (Wildman–Crippen MR) is 149 cm³/mol. The Hall–Kier alpha value is -2.97. The van der Waals surface area contributed by atoms with Gasteiger partial charge < -0.3 is 4.90 Å². The summed E-state index contributed by atoms with van der Waals surface area (Å²) >= 11 is 0. The molecular weight excluding hydrogens is 424 g/mol. The highest BCUT2D eigenvalue weighted by Crippen LogP contribution is 2.53. The van der Waals surface area contributed by atoms with Crippen molar-refractivity contribution >= 4 is 18.2 Å². The van der Waals surface area contributed by atoms with Crippen LogP contribution >= 0.6 is 0 Å². The topological polar surface area (TPSA) is 7.12 Å². The molecule has 2 aromatic carbocycles. The van der Waals surface area contributed by atoms with Gasteiger partial charge in [0.25, 0.3) is 0 Å². The van der Waals surface area contributed by atoms with Crippen molar-refractivity contribution in [2.45, 2.75) is 44.9 Å². The Morgan fingerprint density at radius 2 is 1.34 bits per heavy atom. The number of hydrogen-bond donors (Lipinski definition) is 0. The number of hydrogen-bond acceptors (Lipinski definition) is 1. The lowest BCUT2D eigenvalue weighted by molar-refractivity contribution is -0.671. The highest BCUT2D eigenvalue weighted by atomic mass is 15.1. The summed E-state index contributed by atoms with van der Waals surface area (Å²) in [5.41, 5.74) is 9.79. The van der Waals surface area contributed by atoms with Crippen LogP contribution in [0.4, 0.5) is 0 Å². The Morgan fingerprint density at radius 1 is 0.800 bits per heavy atom. The maximum atomic E-state index is 2.48. The van der Waals surface area contributed by atoms with E-state index in [-0.39, 0.29) is 5.41 Å². The van der Waals surface area contributed by atoms with Gasteiger partial charge in [-0.1, -0.05) is 74.5 Å². The van der Waals surface area contributed by atoms with E-state index in [4.69, 9.17) is 0 Å². The normalized spacial score (nSPS) is 17.8. The molecule has 35 heavy (non-hydrogen) atoms. The Balaban J connectivity index is 1.45. The van der Waals surface area contributed by atoms with Crippen molar-refractivity contribution in [1.82, 2.24) is 4.90 Å². The maximum absolute atomic E-state index is 2.48. The molecule has 180 valence electrons. The summed E-state index contributed by atoms with van der Waals surface area (Å²) in [6, 6.07) is 18.5. The van der Waals surface area contributed by atoms with Crippen LogP contribution < -0.4 is 4.57 Å². The first-order chi connectivity index (χ1) is 17.0. The van der Waals surface area contributed by atoms with Crippen molar-refractivity contribution in [3.8, 4) is 11.1 Å². The molecule has 0 N–H and O–H groups in total. The lowest BCUT2D eigenvalue weighted by Gasteiger charge is -2.30. The number of aryl methyl sites for hydroxylation is 1. The highest BCUT2D eigenvalue weighted by Gasteiger charge is 2.40. The fraction of sp³-hybridized carbons (Fsp3) is 0.364. The summed E-state index contributed by atoms with van der Waals surface area (Å²) in [7, 11) is 4.28. The van der Waals surface area contributed by atoms with Crippen LogP contribution in [-0.2, 0) is 12.5 Å². The van der Waals surface area contributed by atoms with Gasteiger partial charge in [-0.25, -0.2) is 4.57 Å². The molecule has 2 heterocycles. The molecule has 2 aliphatic rings. The van der Waals surface area contributed by atoms with Crippen LogP contribution in [-0.4, -0.2) is 25.0 Å². The lowest BCUT2D eigenvalue weighted by atomic mass is 9.73. The number of allylic oxidation sites excluding steroid dienone is 1. The van der Waals surface area contributed by atoms with Gasteiger partial charge in [0.2, 0.25) is 0 Å². The van der Waals surface area contributed by atoms with E-state index < -0.39 is 0 Å². The zero-order valence-corrected chi connectivity index (χ0v) is 21.8. The fourth-order valence-corrected chi connectivity index (χ4v) is 6.03. The van der Waals surface area contributed by atoms with E-state index in [9.17, 15) is 0 Å². The average molecular weight is 464 g/mol. The quantitative estimate of drug-likeness (QED) is 0.353. The molecule has 2 heteroatoms. The molecule has 0 radical (unpaired) electrons. The summed E-state index contributed by atoms with van der Waals surface area (Å²) in [5.74, 6) is 0.709. The molecular formula is C33H39N2+. The van der Waals surface area contributed by atoms with E-state index in [0.717, 1.165) is 12.8 Å². The van der Waals surface area contributed by atoms with Crippen LogP contribution in [0.25, 0.3) is 29.4 Å². The average Bonchev–Trinajstić information content (AvgIpc) is 3.16. The third kappa shape index (κ3) is 4.65. The summed E-state index contributed by atoms with van der Waals surface area (Å²) in [5, 5.41) is 0. The van der Waals surface area contributed by atoms with Gasteiger partial charge in [-0.2, -0.15) is 0 Å². The number of nitrogens with zero attached hydrogens (tertiary/aromatic N) is 2. The first kappa shape index (κ1) is 23.8. The zero-order chi connectivity index (χ0) is 24.4. The van der Waals surface area contributed by atoms with Gasteiger partial charge in [0.05, 0.1) is 0 Å². The van der Waals surface area contributed by atoms with E-state index in [1.54, 1.807) is 0 Å². The highest BCUT2D eigenvalue weighted by molar-refractivity contribution is 5.84. The number of aromatic nitrogens is 1. The van der Waals surface area contributed by atoms with Crippen molar-refractivity contribution < 1.29 is 4.57 Å². The van der Waals surface area contributed by atoms with Crippen molar-refractivity contribution in [2.24, 2.45) is 13.0 Å². The van der Waals surface area contributed by atoms with Gasteiger partial charge in [0.1, 0.15) is 7.05 Å². The lowest BCUT2D eigenvalue weighted by Crippen LogP contribution is -2.29. The van der Waals surface area contributed by atoms with Crippen molar-refractivity contribution in [2.75, 3.05) is 20.1 Å². The fourth-order valence-electron chi connectivity index (χ4n) is 6.03. The number of piperidine rings is 1. The molecule has 0 saturated carbocycles. The number of fused-ring (bicyclic) bond motifs is 3. The molecule has 1 aromatic heterocycles. The molecule has 0 bridgehead atoms. The van der Waals surface area contributed by atoms with Crippen molar-refractivity contribution in [3.05, 3.63) is 94.8 Å². The van der Waals surface area contributed by atoms with Crippen LogP contribution in [0, 0.1) is 5.92 Å². The molecule has 0 spiro atoms. The van der Waals surface area contributed by atoms with Crippen LogP contribution in [0.1, 0.15) is 67.3 Å². The Labute approximate surface area is 211 Å². The second-order valence-corrected chi connectivity index (χ2v) is 10.5. The number of rotatable bonds is 6. The SMILES string of the molecule is CCC1(CC)c2cc(/C=C/c3cc[n+](C)cc3)ccc2-c2ccc(/C=C/C3CCN(C)CC3)cc21. The van der Waals surface area contributed by atoms with Gasteiger partial charge >= 0.3 is 0 Å². The third-order valence-electron chi connectivity index (χ3n) is 8.41. The number of likely N-dealkylation sites (tertiary alicyclic amines) is 1. The Morgan fingerprint density at radius 3 is 1.91 bits per heavy atom. The van der Waals surface area contributed by atoms with Crippen LogP contribution in [0.2, 0.25) is 0 Å². The third-order valence-corrected chi connectivity index (χ3v) is 8.41. The van der Waals surface area contributed by atoms with E-state index >= 15 is 0 Å². The molecule has 0 unspecified atom stereocenters. The van der Waals surface area contributed by atoms with Crippen molar-refractivity contribution in [1.29, 1.82) is 0 Å². The second-order valence-electron chi connectivity index (χ2n) is 10.5. The number of pyridine rings is 1. The summed E-state index contributed by atoms with van der Waals surface area (Å²) < 4.78 is 2.07. The molecule has 1 saturated heterocycles. The van der Waals surface area contributed by atoms with Gasteiger partial charge in [0, 0.05) is 17.5 Å². The molecule has 1 aliphatic carbocycles. The molecule has 0 atom stereocenters. The Bertz CT molecular complexity index is 1240. The maximum Gasteiger partial charge on any atom is 0.169 e. The smallest absolute Gasteiger partial charge is 0.169 e. The van der Waals surface area contributed by atoms with Crippen LogP contribution in [0.15, 0.2) is 67.0 Å². The molecule has 0 amide bonds. The monoisotopic (exact) mass is 463 g/mol. The summed E-state index contributed by atoms with van der Waals surface area (Å²) in [6.45, 7) is 7.14. The van der Waals surface area contributed by atoms with Crippen LogP contribution in [0.3, 0.4) is 0 Å². The number of benzene rings is 2. The van der Waals surface area contributed by atoms with E-state index in [1.807, 2.05) is 0 Å². The molecule has 2 nitrogen and oxygen atoms in total. The predicted octanol–water partition coefficient (Wildman–Crippen LogP) is 7.12. The van der Waals surface area contributed by atoms with Crippen LogP contribution in [0.5, 0.6) is 0 Å². The van der Waals surface area contributed by atoms with Gasteiger partial charge in [-0.3, -0.25) is 0 Å². The van der Waals surface area contributed by atoms with E-state index in [1.165, 1.54) is 64.9 Å².